The quantitative estimate of drug-likeness (QED) is 0.469. The van der Waals surface area contributed by atoms with Crippen molar-refractivity contribution in [2.75, 3.05) is 7.11 Å². The predicted molar refractivity (Wildman–Crippen MR) is 113 cm³/mol. The summed E-state index contributed by atoms with van der Waals surface area (Å²) < 4.78 is 11.2. The summed E-state index contributed by atoms with van der Waals surface area (Å²) in [5.41, 5.74) is 2.99. The number of ether oxygens (including phenoxy) is 1. The van der Waals surface area contributed by atoms with E-state index in [0.29, 0.717) is 12.5 Å². The van der Waals surface area contributed by atoms with Gasteiger partial charge >= 0.3 is 5.97 Å². The van der Waals surface area contributed by atoms with Gasteiger partial charge in [0.25, 0.3) is 0 Å². The fourth-order valence-electron chi connectivity index (χ4n) is 3.26. The molecule has 1 aliphatic carbocycles. The Morgan fingerprint density at radius 3 is 2.33 bits per heavy atom. The molecule has 0 aliphatic heterocycles. The van der Waals surface area contributed by atoms with Crippen LogP contribution in [0.5, 0.6) is 0 Å². The van der Waals surface area contributed by atoms with E-state index in [1.54, 1.807) is 0 Å². The molecule has 0 atom stereocenters. The van der Waals surface area contributed by atoms with E-state index >= 15 is 0 Å². The van der Waals surface area contributed by atoms with Crippen LogP contribution in [0, 0.1) is 11.8 Å². The van der Waals surface area contributed by atoms with E-state index in [9.17, 15) is 4.79 Å². The Kier molecular flexibility index (Phi) is 7.03. The number of aromatic nitrogens is 1. The molecule has 0 amide bonds. The van der Waals surface area contributed by atoms with Crippen LogP contribution >= 0.6 is 0 Å². The Bertz CT molecular complexity index is 670. The maximum Gasteiger partial charge on any atom is 0.308 e. The first-order chi connectivity index (χ1) is 12.5. The molecular weight excluding hydrogens is 354 g/mol. The molecule has 0 saturated heterocycles. The molecule has 1 heterocycles. The average Bonchev–Trinajstić information content (AvgIpc) is 2.64. The Labute approximate surface area is 165 Å². The third-order valence-electron chi connectivity index (χ3n) is 6.28. The zero-order valence-electron chi connectivity index (χ0n) is 17.8. The highest BCUT2D eigenvalue weighted by atomic mass is 28.4. The van der Waals surface area contributed by atoms with Gasteiger partial charge < -0.3 is 9.16 Å². The Balaban J connectivity index is 1.99. The molecule has 1 aromatic heterocycles. The third kappa shape index (κ3) is 5.52. The second-order valence-corrected chi connectivity index (χ2v) is 14.0. The van der Waals surface area contributed by atoms with Crippen LogP contribution in [0.1, 0.15) is 57.8 Å². The van der Waals surface area contributed by atoms with Crippen LogP contribution in [0.15, 0.2) is 24.8 Å². The summed E-state index contributed by atoms with van der Waals surface area (Å²) in [6, 6.07) is 6.10. The summed E-state index contributed by atoms with van der Waals surface area (Å²) >= 11 is 0. The number of carbonyl (C=O) groups is 1. The van der Waals surface area contributed by atoms with E-state index in [4.69, 9.17) is 14.1 Å². The molecule has 1 fully saturated rings. The van der Waals surface area contributed by atoms with Crippen LogP contribution in [0.2, 0.25) is 18.1 Å². The van der Waals surface area contributed by atoms with Crippen LogP contribution in [0.25, 0.3) is 5.57 Å². The van der Waals surface area contributed by atoms with Gasteiger partial charge in [0.05, 0.1) is 31.0 Å². The second kappa shape index (κ2) is 8.70. The van der Waals surface area contributed by atoms with Gasteiger partial charge in [-0.1, -0.05) is 33.4 Å². The van der Waals surface area contributed by atoms with E-state index < -0.39 is 8.32 Å². The lowest BCUT2D eigenvalue weighted by Gasteiger charge is -2.36. The first-order valence-corrected chi connectivity index (χ1v) is 12.8. The monoisotopic (exact) mass is 389 g/mol. The Hall–Kier alpha value is -1.46. The second-order valence-electron chi connectivity index (χ2n) is 9.16. The van der Waals surface area contributed by atoms with E-state index in [2.05, 4.69) is 40.4 Å². The molecule has 0 bridgehead atoms. The molecule has 150 valence electrons. The normalized spacial score (nSPS) is 21.0. The first-order valence-electron chi connectivity index (χ1n) is 9.92. The smallest absolute Gasteiger partial charge is 0.308 e. The van der Waals surface area contributed by atoms with Crippen molar-refractivity contribution in [2.45, 2.75) is 71.2 Å². The van der Waals surface area contributed by atoms with E-state index in [1.807, 2.05) is 18.2 Å². The SMILES string of the molecule is C=C(c1cccc(CO[Si](C)(C)C(C)(C)C)n1)C1CCC(C(=O)OC)CC1. The van der Waals surface area contributed by atoms with Crippen LogP contribution in [-0.4, -0.2) is 26.4 Å². The number of esters is 1. The average molecular weight is 390 g/mol. The highest BCUT2D eigenvalue weighted by molar-refractivity contribution is 6.74. The van der Waals surface area contributed by atoms with Gasteiger partial charge in [-0.05, 0) is 67.4 Å². The van der Waals surface area contributed by atoms with Gasteiger partial charge in [0.2, 0.25) is 0 Å². The number of methoxy groups -OCH3 is 1. The lowest BCUT2D eigenvalue weighted by atomic mass is 9.78. The van der Waals surface area contributed by atoms with Crippen molar-refractivity contribution in [3.63, 3.8) is 0 Å². The van der Waals surface area contributed by atoms with Crippen LogP contribution in [-0.2, 0) is 20.6 Å². The number of hydrogen-bond acceptors (Lipinski definition) is 4. The fourth-order valence-corrected chi connectivity index (χ4v) is 4.20. The summed E-state index contributed by atoms with van der Waals surface area (Å²) in [5, 5.41) is 0.187. The van der Waals surface area contributed by atoms with E-state index in [1.165, 1.54) is 7.11 Å². The van der Waals surface area contributed by atoms with Crippen molar-refractivity contribution in [2.24, 2.45) is 11.8 Å². The number of carbonyl (C=O) groups excluding carboxylic acids is 1. The molecule has 0 N–H and O–H groups in total. The van der Waals surface area contributed by atoms with Crippen molar-refractivity contribution in [1.29, 1.82) is 0 Å². The summed E-state index contributed by atoms with van der Waals surface area (Å²) in [4.78, 5) is 16.5. The van der Waals surface area contributed by atoms with Gasteiger partial charge in [0, 0.05) is 0 Å². The van der Waals surface area contributed by atoms with E-state index in [0.717, 1.165) is 42.6 Å². The summed E-state index contributed by atoms with van der Waals surface area (Å²) in [6.45, 7) is 16.1. The lowest BCUT2D eigenvalue weighted by molar-refractivity contribution is -0.146. The maximum absolute atomic E-state index is 11.7. The molecular formula is C22H35NO3Si. The molecule has 0 spiro atoms. The molecule has 1 saturated carbocycles. The van der Waals surface area contributed by atoms with Gasteiger partial charge in [0.1, 0.15) is 0 Å². The molecule has 5 heteroatoms. The predicted octanol–water partition coefficient (Wildman–Crippen LogP) is 5.60. The lowest BCUT2D eigenvalue weighted by Crippen LogP contribution is -2.40. The minimum Gasteiger partial charge on any atom is -0.469 e. The highest BCUT2D eigenvalue weighted by Gasteiger charge is 2.37. The van der Waals surface area contributed by atoms with Crippen molar-refractivity contribution >= 4 is 19.9 Å². The maximum atomic E-state index is 11.7. The highest BCUT2D eigenvalue weighted by Crippen LogP contribution is 2.38. The molecule has 0 aromatic carbocycles. The number of hydrogen-bond donors (Lipinski definition) is 0. The zero-order valence-corrected chi connectivity index (χ0v) is 18.8. The van der Waals surface area contributed by atoms with Gasteiger partial charge in [-0.2, -0.15) is 0 Å². The molecule has 4 nitrogen and oxygen atoms in total. The molecule has 0 unspecified atom stereocenters. The Morgan fingerprint density at radius 1 is 1.19 bits per heavy atom. The van der Waals surface area contributed by atoms with Crippen LogP contribution < -0.4 is 0 Å². The van der Waals surface area contributed by atoms with Crippen molar-refractivity contribution in [3.8, 4) is 0 Å². The number of pyridine rings is 1. The minimum atomic E-state index is -1.79. The van der Waals surface area contributed by atoms with Crippen LogP contribution in [0.4, 0.5) is 0 Å². The number of rotatable bonds is 6. The van der Waals surface area contributed by atoms with Crippen molar-refractivity contribution in [3.05, 3.63) is 36.2 Å². The third-order valence-corrected chi connectivity index (χ3v) is 10.8. The topological polar surface area (TPSA) is 48.4 Å². The summed E-state index contributed by atoms with van der Waals surface area (Å²) in [7, 11) is -0.326. The molecule has 1 aromatic rings. The van der Waals surface area contributed by atoms with Gasteiger partial charge in [-0.3, -0.25) is 9.78 Å². The Morgan fingerprint density at radius 2 is 1.78 bits per heavy atom. The van der Waals surface area contributed by atoms with Gasteiger partial charge in [-0.25, -0.2) is 0 Å². The summed E-state index contributed by atoms with van der Waals surface area (Å²) in [6.07, 6.45) is 3.66. The summed E-state index contributed by atoms with van der Waals surface area (Å²) in [5.74, 6) is 0.341. The number of allylic oxidation sites excluding steroid dienone is 1. The minimum absolute atomic E-state index is 0.0383. The van der Waals surface area contributed by atoms with Crippen molar-refractivity contribution in [1.82, 2.24) is 4.98 Å². The molecule has 0 radical (unpaired) electrons. The molecule has 2 rings (SSSR count). The van der Waals surface area contributed by atoms with Gasteiger partial charge in [-0.15, -0.1) is 0 Å². The van der Waals surface area contributed by atoms with E-state index in [-0.39, 0.29) is 16.9 Å². The molecule has 27 heavy (non-hydrogen) atoms. The number of nitrogens with zero attached hydrogens (tertiary/aromatic N) is 1. The standard InChI is InChI=1S/C22H35NO3Si/c1-16(17-11-13-18(14-12-17)21(24)25-5)20-10-8-9-19(23-20)15-26-27(6,7)22(2,3)4/h8-10,17-18H,1,11-15H2,2-7H3. The molecule has 1 aliphatic rings. The van der Waals surface area contributed by atoms with Crippen molar-refractivity contribution < 1.29 is 14.0 Å². The largest absolute Gasteiger partial charge is 0.469 e. The fraction of sp³-hybridized carbons (Fsp3) is 0.636. The van der Waals surface area contributed by atoms with Gasteiger partial charge in [0.15, 0.2) is 8.32 Å². The zero-order chi connectivity index (χ0) is 20.2. The van der Waals surface area contributed by atoms with Crippen LogP contribution in [0.3, 0.4) is 0 Å². The first kappa shape index (κ1) is 21.8.